The summed E-state index contributed by atoms with van der Waals surface area (Å²) in [7, 11) is 1.91. The molecule has 0 spiro atoms. The number of hydrogen-bond donors (Lipinski definition) is 2. The predicted octanol–water partition coefficient (Wildman–Crippen LogP) is 1.42. The topological polar surface area (TPSA) is 41.9 Å². The van der Waals surface area contributed by atoms with Crippen molar-refractivity contribution in [3.8, 4) is 0 Å². The third-order valence-electron chi connectivity index (χ3n) is 1.89. The zero-order valence-electron chi connectivity index (χ0n) is 8.79. The molecular formula is C9H16N4S. The first-order valence-electron chi connectivity index (χ1n) is 4.69. The summed E-state index contributed by atoms with van der Waals surface area (Å²) in [5, 5.41) is 11.0. The summed E-state index contributed by atoms with van der Waals surface area (Å²) < 4.78 is 1.81. The van der Waals surface area contributed by atoms with Gasteiger partial charge in [0.1, 0.15) is 0 Å². The highest BCUT2D eigenvalue weighted by Gasteiger charge is 2.01. The average Bonchev–Trinajstić information content (AvgIpc) is 2.42. The fraction of sp³-hybridized carbons (Fsp3) is 0.556. The Hall–Kier alpha value is -1.10. The third-order valence-corrected chi connectivity index (χ3v) is 2.14. The SMILES string of the molecule is CCCNC(=S)Nc1cc(C)n(C)n1. The van der Waals surface area contributed by atoms with Gasteiger partial charge in [0.05, 0.1) is 0 Å². The lowest BCUT2D eigenvalue weighted by Gasteiger charge is -2.06. The molecule has 5 heteroatoms. The minimum Gasteiger partial charge on any atom is -0.362 e. The monoisotopic (exact) mass is 212 g/mol. The van der Waals surface area contributed by atoms with Crippen LogP contribution in [0.25, 0.3) is 0 Å². The molecule has 2 N–H and O–H groups in total. The number of aryl methyl sites for hydroxylation is 2. The van der Waals surface area contributed by atoms with Gasteiger partial charge in [-0.3, -0.25) is 4.68 Å². The number of nitrogens with one attached hydrogen (secondary N) is 2. The van der Waals surface area contributed by atoms with Crippen LogP contribution in [0, 0.1) is 6.92 Å². The number of aromatic nitrogens is 2. The van der Waals surface area contributed by atoms with E-state index in [0.717, 1.165) is 24.5 Å². The number of rotatable bonds is 3. The molecule has 0 unspecified atom stereocenters. The van der Waals surface area contributed by atoms with Gasteiger partial charge in [0.15, 0.2) is 10.9 Å². The van der Waals surface area contributed by atoms with E-state index in [9.17, 15) is 0 Å². The van der Waals surface area contributed by atoms with E-state index in [1.54, 1.807) is 0 Å². The second kappa shape index (κ2) is 4.95. The van der Waals surface area contributed by atoms with Gasteiger partial charge in [-0.05, 0) is 25.6 Å². The Morgan fingerprint density at radius 1 is 1.64 bits per heavy atom. The molecule has 0 saturated heterocycles. The largest absolute Gasteiger partial charge is 0.362 e. The highest BCUT2D eigenvalue weighted by atomic mass is 32.1. The lowest BCUT2D eigenvalue weighted by atomic mass is 10.4. The number of thiocarbonyl (C=S) groups is 1. The summed E-state index contributed by atoms with van der Waals surface area (Å²) in [6.07, 6.45) is 1.06. The molecule has 1 aromatic rings. The van der Waals surface area contributed by atoms with Crippen LogP contribution >= 0.6 is 12.2 Å². The minimum absolute atomic E-state index is 0.630. The van der Waals surface area contributed by atoms with Gasteiger partial charge >= 0.3 is 0 Å². The first-order valence-corrected chi connectivity index (χ1v) is 5.09. The Morgan fingerprint density at radius 2 is 2.36 bits per heavy atom. The standard InChI is InChI=1S/C9H16N4S/c1-4-5-10-9(14)11-8-6-7(2)13(3)12-8/h6H,4-5H2,1-3H3,(H2,10,11,12,14). The van der Waals surface area contributed by atoms with E-state index in [1.807, 2.05) is 24.7 Å². The lowest BCUT2D eigenvalue weighted by molar-refractivity contribution is 0.743. The molecule has 14 heavy (non-hydrogen) atoms. The smallest absolute Gasteiger partial charge is 0.171 e. The van der Waals surface area contributed by atoms with Gasteiger partial charge in [-0.15, -0.1) is 0 Å². The molecule has 0 amide bonds. The van der Waals surface area contributed by atoms with Crippen LogP contribution in [0.1, 0.15) is 19.0 Å². The summed E-state index contributed by atoms with van der Waals surface area (Å²) >= 11 is 5.08. The maximum atomic E-state index is 5.08. The summed E-state index contributed by atoms with van der Waals surface area (Å²) in [5.41, 5.74) is 1.10. The van der Waals surface area contributed by atoms with Gasteiger partial charge in [-0.25, -0.2) is 0 Å². The van der Waals surface area contributed by atoms with E-state index in [4.69, 9.17) is 12.2 Å². The number of anilines is 1. The Kier molecular flexibility index (Phi) is 3.88. The lowest BCUT2D eigenvalue weighted by Crippen LogP contribution is -2.29. The van der Waals surface area contributed by atoms with Crippen molar-refractivity contribution >= 4 is 23.1 Å². The summed E-state index contributed by atoms with van der Waals surface area (Å²) in [5.74, 6) is 0.790. The first kappa shape index (κ1) is 11.0. The van der Waals surface area contributed by atoms with Crippen LogP contribution in [0.3, 0.4) is 0 Å². The molecule has 0 aliphatic carbocycles. The van der Waals surface area contributed by atoms with Gasteiger partial charge in [0.25, 0.3) is 0 Å². The van der Waals surface area contributed by atoms with E-state index in [-0.39, 0.29) is 0 Å². The van der Waals surface area contributed by atoms with E-state index < -0.39 is 0 Å². The van der Waals surface area contributed by atoms with Crippen molar-refractivity contribution in [2.45, 2.75) is 20.3 Å². The predicted molar refractivity (Wildman–Crippen MR) is 62.5 cm³/mol. The normalized spacial score (nSPS) is 9.93. The Balaban J connectivity index is 2.48. The molecule has 0 fully saturated rings. The molecule has 0 aliphatic rings. The van der Waals surface area contributed by atoms with Crippen LogP contribution < -0.4 is 10.6 Å². The molecule has 0 aromatic carbocycles. The van der Waals surface area contributed by atoms with Gasteiger partial charge in [-0.2, -0.15) is 5.10 Å². The summed E-state index contributed by atoms with van der Waals surface area (Å²) in [6.45, 7) is 4.98. The van der Waals surface area contributed by atoms with Crippen LogP contribution in [-0.2, 0) is 7.05 Å². The molecule has 0 aliphatic heterocycles. The zero-order chi connectivity index (χ0) is 10.6. The molecule has 1 heterocycles. The number of nitrogens with zero attached hydrogens (tertiary/aromatic N) is 2. The Bertz CT molecular complexity index is 299. The second-order valence-electron chi connectivity index (χ2n) is 3.18. The highest BCUT2D eigenvalue weighted by molar-refractivity contribution is 7.80. The molecule has 0 saturated carbocycles. The van der Waals surface area contributed by atoms with Crippen molar-refractivity contribution in [1.82, 2.24) is 15.1 Å². The van der Waals surface area contributed by atoms with Crippen LogP contribution in [0.2, 0.25) is 0 Å². The van der Waals surface area contributed by atoms with Crippen molar-refractivity contribution < 1.29 is 0 Å². The van der Waals surface area contributed by atoms with Gasteiger partial charge < -0.3 is 10.6 Å². The van der Waals surface area contributed by atoms with E-state index in [0.29, 0.717) is 5.11 Å². The second-order valence-corrected chi connectivity index (χ2v) is 3.58. The minimum atomic E-state index is 0.630. The quantitative estimate of drug-likeness (QED) is 0.744. The van der Waals surface area contributed by atoms with Crippen LogP contribution in [0.5, 0.6) is 0 Å². The molecule has 1 aromatic heterocycles. The maximum absolute atomic E-state index is 5.08. The maximum Gasteiger partial charge on any atom is 0.171 e. The summed E-state index contributed by atoms with van der Waals surface area (Å²) in [6, 6.07) is 1.96. The van der Waals surface area contributed by atoms with Crippen molar-refractivity contribution in [1.29, 1.82) is 0 Å². The molecule has 4 nitrogen and oxygen atoms in total. The van der Waals surface area contributed by atoms with E-state index in [2.05, 4.69) is 22.7 Å². The molecular weight excluding hydrogens is 196 g/mol. The average molecular weight is 212 g/mol. The molecule has 78 valence electrons. The van der Waals surface area contributed by atoms with Crippen molar-refractivity contribution in [3.05, 3.63) is 11.8 Å². The summed E-state index contributed by atoms with van der Waals surface area (Å²) in [4.78, 5) is 0. The van der Waals surface area contributed by atoms with Crippen LogP contribution in [0.4, 0.5) is 5.82 Å². The van der Waals surface area contributed by atoms with Crippen molar-refractivity contribution in [3.63, 3.8) is 0 Å². The fourth-order valence-electron chi connectivity index (χ4n) is 1.02. The highest BCUT2D eigenvalue weighted by Crippen LogP contribution is 2.05. The zero-order valence-corrected chi connectivity index (χ0v) is 9.61. The van der Waals surface area contributed by atoms with E-state index >= 15 is 0 Å². The molecule has 0 bridgehead atoms. The van der Waals surface area contributed by atoms with Crippen molar-refractivity contribution in [2.24, 2.45) is 7.05 Å². The van der Waals surface area contributed by atoms with Gasteiger partial charge in [0.2, 0.25) is 0 Å². The van der Waals surface area contributed by atoms with Crippen molar-refractivity contribution in [2.75, 3.05) is 11.9 Å². The van der Waals surface area contributed by atoms with Gasteiger partial charge in [0, 0.05) is 25.4 Å². The Labute approximate surface area is 89.7 Å². The first-order chi connectivity index (χ1) is 6.63. The molecule has 0 atom stereocenters. The van der Waals surface area contributed by atoms with Crippen LogP contribution in [-0.4, -0.2) is 21.4 Å². The Morgan fingerprint density at radius 3 is 2.86 bits per heavy atom. The van der Waals surface area contributed by atoms with E-state index in [1.165, 1.54) is 0 Å². The fourth-order valence-corrected chi connectivity index (χ4v) is 1.23. The number of hydrogen-bond acceptors (Lipinski definition) is 2. The molecule has 1 rings (SSSR count). The molecule has 0 radical (unpaired) electrons. The van der Waals surface area contributed by atoms with Gasteiger partial charge in [-0.1, -0.05) is 6.92 Å². The van der Waals surface area contributed by atoms with Crippen LogP contribution in [0.15, 0.2) is 6.07 Å². The third kappa shape index (κ3) is 2.99.